The van der Waals surface area contributed by atoms with Crippen molar-refractivity contribution in [1.29, 1.82) is 0 Å². The third kappa shape index (κ3) is 2.32. The first-order valence-corrected chi connectivity index (χ1v) is 6.23. The Kier molecular flexibility index (Phi) is 3.20. The first kappa shape index (κ1) is 11.8. The summed E-state index contributed by atoms with van der Waals surface area (Å²) in [5.41, 5.74) is 2.27. The van der Waals surface area contributed by atoms with Gasteiger partial charge in [-0.25, -0.2) is 4.98 Å². The van der Waals surface area contributed by atoms with Crippen molar-refractivity contribution in [1.82, 2.24) is 25.5 Å². The van der Waals surface area contributed by atoms with Gasteiger partial charge in [0, 0.05) is 11.6 Å². The molecule has 0 bridgehead atoms. The molecule has 2 aromatic heterocycles. The zero-order valence-electron chi connectivity index (χ0n) is 10.7. The van der Waals surface area contributed by atoms with Gasteiger partial charge in [-0.3, -0.25) is 10.1 Å². The van der Waals surface area contributed by atoms with Crippen LogP contribution in [0.15, 0.2) is 42.9 Å². The van der Waals surface area contributed by atoms with Crippen molar-refractivity contribution in [3.8, 4) is 0 Å². The fourth-order valence-corrected chi connectivity index (χ4v) is 2.27. The van der Waals surface area contributed by atoms with Gasteiger partial charge in [0.15, 0.2) is 0 Å². The number of hydrogen-bond acceptors (Lipinski definition) is 4. The van der Waals surface area contributed by atoms with Gasteiger partial charge in [0.25, 0.3) is 0 Å². The molecular weight excluding hydrogens is 238 g/mol. The van der Waals surface area contributed by atoms with Gasteiger partial charge in [-0.15, -0.1) is 0 Å². The lowest BCUT2D eigenvalue weighted by Crippen LogP contribution is -2.20. The van der Waals surface area contributed by atoms with Gasteiger partial charge in [-0.05, 0) is 31.2 Å². The van der Waals surface area contributed by atoms with E-state index in [1.54, 1.807) is 0 Å². The summed E-state index contributed by atoms with van der Waals surface area (Å²) in [5.74, 6) is 0.850. The monoisotopic (exact) mass is 253 g/mol. The number of hydrogen-bond donors (Lipinski definition) is 2. The predicted octanol–water partition coefficient (Wildman–Crippen LogP) is 1.86. The smallest absolute Gasteiger partial charge is 0.141 e. The van der Waals surface area contributed by atoms with E-state index in [9.17, 15) is 0 Å². The number of nitrogens with one attached hydrogen (secondary N) is 2. The molecule has 5 nitrogen and oxygen atoms in total. The number of aromatic nitrogens is 4. The van der Waals surface area contributed by atoms with Crippen LogP contribution in [0.4, 0.5) is 0 Å². The maximum atomic E-state index is 4.38. The quantitative estimate of drug-likeness (QED) is 0.744. The van der Waals surface area contributed by atoms with E-state index in [1.165, 1.54) is 17.3 Å². The van der Waals surface area contributed by atoms with E-state index in [1.807, 2.05) is 31.4 Å². The molecule has 0 saturated heterocycles. The van der Waals surface area contributed by atoms with Crippen LogP contribution >= 0.6 is 0 Å². The maximum absolute atomic E-state index is 4.38. The average Bonchev–Trinajstić information content (AvgIpc) is 2.99. The van der Waals surface area contributed by atoms with Gasteiger partial charge < -0.3 is 5.32 Å². The Morgan fingerprint density at radius 3 is 2.89 bits per heavy atom. The minimum absolute atomic E-state index is 0.119. The van der Waals surface area contributed by atoms with Crippen LogP contribution in [0.25, 0.3) is 10.9 Å². The molecule has 1 atom stereocenters. The second-order valence-electron chi connectivity index (χ2n) is 4.40. The highest BCUT2D eigenvalue weighted by Crippen LogP contribution is 2.21. The number of para-hydroxylation sites is 1. The molecule has 0 amide bonds. The SMILES string of the molecule is CNC(Cc1ccnc2ccccc12)c1ncn[nH]1. The summed E-state index contributed by atoms with van der Waals surface area (Å²) < 4.78 is 0. The van der Waals surface area contributed by atoms with Gasteiger partial charge in [0.2, 0.25) is 0 Å². The number of likely N-dealkylation sites (N-methyl/N-ethyl adjacent to an activating group) is 1. The minimum Gasteiger partial charge on any atom is -0.310 e. The van der Waals surface area contributed by atoms with Crippen molar-refractivity contribution >= 4 is 10.9 Å². The Hall–Kier alpha value is -2.27. The fourth-order valence-electron chi connectivity index (χ4n) is 2.27. The normalized spacial score (nSPS) is 12.7. The Morgan fingerprint density at radius 2 is 2.11 bits per heavy atom. The minimum atomic E-state index is 0.119. The molecule has 0 aliphatic heterocycles. The highest BCUT2D eigenvalue weighted by atomic mass is 15.2. The van der Waals surface area contributed by atoms with Crippen LogP contribution in [0.2, 0.25) is 0 Å². The number of aromatic amines is 1. The lowest BCUT2D eigenvalue weighted by atomic mass is 10.0. The second-order valence-corrected chi connectivity index (χ2v) is 4.40. The van der Waals surface area contributed by atoms with Gasteiger partial charge in [-0.1, -0.05) is 18.2 Å². The zero-order chi connectivity index (χ0) is 13.1. The molecule has 0 spiro atoms. The average molecular weight is 253 g/mol. The van der Waals surface area contributed by atoms with E-state index in [0.29, 0.717) is 0 Å². The molecular formula is C14H15N5. The molecule has 1 unspecified atom stereocenters. The van der Waals surface area contributed by atoms with Crippen molar-refractivity contribution in [2.45, 2.75) is 12.5 Å². The summed E-state index contributed by atoms with van der Waals surface area (Å²) in [6, 6.07) is 10.4. The highest BCUT2D eigenvalue weighted by molar-refractivity contribution is 5.81. The van der Waals surface area contributed by atoms with Crippen LogP contribution in [0.1, 0.15) is 17.4 Å². The van der Waals surface area contributed by atoms with Crippen LogP contribution in [-0.4, -0.2) is 27.2 Å². The Morgan fingerprint density at radius 1 is 1.21 bits per heavy atom. The van der Waals surface area contributed by atoms with Crippen molar-refractivity contribution < 1.29 is 0 Å². The summed E-state index contributed by atoms with van der Waals surface area (Å²) >= 11 is 0. The molecule has 0 saturated carbocycles. The molecule has 5 heteroatoms. The first-order chi connectivity index (χ1) is 9.38. The van der Waals surface area contributed by atoms with Crippen LogP contribution < -0.4 is 5.32 Å². The summed E-state index contributed by atoms with van der Waals surface area (Å²) in [6.45, 7) is 0. The van der Waals surface area contributed by atoms with E-state index < -0.39 is 0 Å². The summed E-state index contributed by atoms with van der Waals surface area (Å²) in [4.78, 5) is 8.60. The molecule has 19 heavy (non-hydrogen) atoms. The first-order valence-electron chi connectivity index (χ1n) is 6.23. The summed E-state index contributed by atoms with van der Waals surface area (Å²) in [7, 11) is 1.93. The molecule has 3 rings (SSSR count). The number of fused-ring (bicyclic) bond motifs is 1. The Labute approximate surface area is 111 Å². The maximum Gasteiger partial charge on any atom is 0.141 e. The van der Waals surface area contributed by atoms with Gasteiger partial charge in [0.1, 0.15) is 12.2 Å². The highest BCUT2D eigenvalue weighted by Gasteiger charge is 2.14. The predicted molar refractivity (Wildman–Crippen MR) is 73.6 cm³/mol. The van der Waals surface area contributed by atoms with Crippen molar-refractivity contribution in [3.63, 3.8) is 0 Å². The van der Waals surface area contributed by atoms with E-state index in [4.69, 9.17) is 0 Å². The van der Waals surface area contributed by atoms with E-state index in [0.717, 1.165) is 17.8 Å². The molecule has 1 aromatic carbocycles. The summed E-state index contributed by atoms with van der Waals surface area (Å²) in [6.07, 6.45) is 4.23. The molecule has 3 aromatic rings. The molecule has 2 N–H and O–H groups in total. The number of benzene rings is 1. The lowest BCUT2D eigenvalue weighted by molar-refractivity contribution is 0.561. The molecule has 2 heterocycles. The van der Waals surface area contributed by atoms with Gasteiger partial charge in [0.05, 0.1) is 11.6 Å². The Balaban J connectivity index is 1.96. The largest absolute Gasteiger partial charge is 0.310 e. The fraction of sp³-hybridized carbons (Fsp3) is 0.214. The summed E-state index contributed by atoms with van der Waals surface area (Å²) in [5, 5.41) is 11.3. The molecule has 0 aliphatic rings. The van der Waals surface area contributed by atoms with Crippen LogP contribution in [0.5, 0.6) is 0 Å². The van der Waals surface area contributed by atoms with Gasteiger partial charge >= 0.3 is 0 Å². The molecule has 0 fully saturated rings. The number of rotatable bonds is 4. The van der Waals surface area contributed by atoms with E-state index >= 15 is 0 Å². The van der Waals surface area contributed by atoms with Gasteiger partial charge in [-0.2, -0.15) is 5.10 Å². The number of nitrogens with zero attached hydrogens (tertiary/aromatic N) is 3. The van der Waals surface area contributed by atoms with E-state index in [2.05, 4.69) is 37.6 Å². The third-order valence-corrected chi connectivity index (χ3v) is 3.28. The lowest BCUT2D eigenvalue weighted by Gasteiger charge is -2.14. The molecule has 0 aliphatic carbocycles. The topological polar surface area (TPSA) is 66.5 Å². The second kappa shape index (κ2) is 5.16. The Bertz CT molecular complexity index is 657. The third-order valence-electron chi connectivity index (χ3n) is 3.28. The van der Waals surface area contributed by atoms with Crippen LogP contribution in [-0.2, 0) is 6.42 Å². The number of H-pyrrole nitrogens is 1. The standard InChI is InChI=1S/C14H15N5/c1-15-13(14-17-9-18-19-14)8-10-6-7-16-12-5-3-2-4-11(10)12/h2-7,9,13,15H,8H2,1H3,(H,17,18,19). The van der Waals surface area contributed by atoms with Crippen molar-refractivity contribution in [2.75, 3.05) is 7.05 Å². The van der Waals surface area contributed by atoms with E-state index in [-0.39, 0.29) is 6.04 Å². The van der Waals surface area contributed by atoms with Crippen LogP contribution in [0, 0.1) is 0 Å². The molecule has 96 valence electrons. The van der Waals surface area contributed by atoms with Crippen LogP contribution in [0.3, 0.4) is 0 Å². The molecule has 0 radical (unpaired) electrons. The number of pyridine rings is 1. The zero-order valence-corrected chi connectivity index (χ0v) is 10.7. The van der Waals surface area contributed by atoms with Crippen molar-refractivity contribution in [2.24, 2.45) is 0 Å². The van der Waals surface area contributed by atoms with Crippen molar-refractivity contribution in [3.05, 3.63) is 54.2 Å².